The molecule has 0 aliphatic rings. The van der Waals surface area contributed by atoms with E-state index in [1.54, 1.807) is 0 Å². The van der Waals surface area contributed by atoms with E-state index in [9.17, 15) is 5.11 Å². The number of nitrogens with zero attached hydrogens (tertiary/aromatic N) is 1. The number of hydrogen-bond acceptors (Lipinski definition) is 5. The van der Waals surface area contributed by atoms with Gasteiger partial charge in [-0.25, -0.2) is 0 Å². The van der Waals surface area contributed by atoms with Crippen LogP contribution in [0.1, 0.15) is 5.56 Å². The summed E-state index contributed by atoms with van der Waals surface area (Å²) in [6.45, 7) is -0.249. The molecule has 5 nitrogen and oxygen atoms in total. The zero-order valence-corrected chi connectivity index (χ0v) is 6.14. The second-order valence-corrected chi connectivity index (χ2v) is 2.25. The number of hydrogen-bond donors (Lipinski definition) is 3. The zero-order chi connectivity index (χ0) is 9.14. The third-order valence-corrected chi connectivity index (χ3v) is 1.42. The molecule has 0 aliphatic heterocycles. The summed E-state index contributed by atoms with van der Waals surface area (Å²) >= 11 is 0. The van der Waals surface area contributed by atoms with E-state index >= 15 is 0 Å². The Bertz CT molecular complexity index is 274. The summed E-state index contributed by atoms with van der Waals surface area (Å²) in [7, 11) is 0. The highest BCUT2D eigenvalue weighted by atomic mass is 16.8. The standard InChI is InChI=1S/C7H9NO4/c9-4-5-1-2-7(10)6(3-5)8(11)12/h1-3,9-12H,4H2/p-1. The van der Waals surface area contributed by atoms with E-state index in [1.807, 2.05) is 0 Å². The van der Waals surface area contributed by atoms with E-state index in [4.69, 9.17) is 15.5 Å². The molecule has 0 radical (unpaired) electrons. The highest BCUT2D eigenvalue weighted by Gasteiger charge is 2.00. The van der Waals surface area contributed by atoms with Gasteiger partial charge in [-0.3, -0.25) is 10.4 Å². The molecule has 12 heavy (non-hydrogen) atoms. The van der Waals surface area contributed by atoms with Gasteiger partial charge < -0.3 is 10.2 Å². The molecule has 0 aliphatic carbocycles. The molecule has 0 unspecified atom stereocenters. The Morgan fingerprint density at radius 1 is 1.33 bits per heavy atom. The number of rotatable bonds is 2. The minimum absolute atomic E-state index is 0.249. The van der Waals surface area contributed by atoms with Gasteiger partial charge in [-0.05, 0) is 11.6 Å². The lowest BCUT2D eigenvalue weighted by molar-refractivity contribution is -0.268. The molecule has 1 aromatic rings. The second kappa shape index (κ2) is 3.40. The monoisotopic (exact) mass is 170 g/mol. The van der Waals surface area contributed by atoms with Crippen LogP contribution in [0.2, 0.25) is 0 Å². The highest BCUT2D eigenvalue weighted by molar-refractivity contribution is 5.55. The first-order valence-corrected chi connectivity index (χ1v) is 3.24. The van der Waals surface area contributed by atoms with Crippen molar-refractivity contribution < 1.29 is 20.6 Å². The number of anilines is 1. The highest BCUT2D eigenvalue weighted by Crippen LogP contribution is 2.23. The maximum atomic E-state index is 10.9. The van der Waals surface area contributed by atoms with Gasteiger partial charge in [0, 0.05) is 0 Å². The molecule has 0 amide bonds. The molecule has 5 heteroatoms. The van der Waals surface area contributed by atoms with Crippen molar-refractivity contribution in [2.45, 2.75) is 6.61 Å². The van der Waals surface area contributed by atoms with Gasteiger partial charge in [0.1, 0.15) is 0 Å². The van der Waals surface area contributed by atoms with Crippen molar-refractivity contribution in [1.29, 1.82) is 0 Å². The van der Waals surface area contributed by atoms with E-state index in [1.165, 1.54) is 12.1 Å². The molecule has 0 bridgehead atoms. The molecule has 0 aromatic heterocycles. The van der Waals surface area contributed by atoms with Gasteiger partial charge in [0.15, 0.2) is 0 Å². The van der Waals surface area contributed by atoms with Crippen LogP contribution < -0.4 is 10.3 Å². The summed E-state index contributed by atoms with van der Waals surface area (Å²) in [5.41, 5.74) is 0.166. The van der Waals surface area contributed by atoms with E-state index in [-0.39, 0.29) is 17.5 Å². The Morgan fingerprint density at radius 2 is 2.00 bits per heavy atom. The number of aliphatic hydroxyl groups is 1. The fourth-order valence-corrected chi connectivity index (χ4v) is 0.818. The molecule has 66 valence electrons. The number of benzene rings is 1. The van der Waals surface area contributed by atoms with Crippen LogP contribution >= 0.6 is 0 Å². The molecule has 0 fully saturated rings. The Morgan fingerprint density at radius 3 is 2.50 bits per heavy atom. The number of aliphatic hydroxyl groups excluding tert-OH is 1. The lowest BCUT2D eigenvalue weighted by atomic mass is 10.2. The Balaban J connectivity index is 3.08. The van der Waals surface area contributed by atoms with Crippen molar-refractivity contribution in [2.75, 3.05) is 5.23 Å². The first kappa shape index (κ1) is 8.79. The van der Waals surface area contributed by atoms with Gasteiger partial charge in [-0.2, -0.15) is 0 Å². The third kappa shape index (κ3) is 1.65. The summed E-state index contributed by atoms with van der Waals surface area (Å²) in [6, 6.07) is 3.76. The molecular formula is C7H8NO4-. The van der Waals surface area contributed by atoms with Crippen molar-refractivity contribution in [2.24, 2.45) is 0 Å². The van der Waals surface area contributed by atoms with Gasteiger partial charge in [0.05, 0.1) is 12.3 Å². The van der Waals surface area contributed by atoms with Gasteiger partial charge in [0.2, 0.25) is 0 Å². The normalized spacial score (nSPS) is 9.92. The summed E-state index contributed by atoms with van der Waals surface area (Å²) in [5.74, 6) is -0.516. The molecular weight excluding hydrogens is 162 g/mol. The maximum Gasteiger partial charge on any atom is 0.0868 e. The predicted octanol–water partition coefficient (Wildman–Crippen LogP) is -0.163. The third-order valence-electron chi connectivity index (χ3n) is 1.42. The van der Waals surface area contributed by atoms with E-state index < -0.39 is 5.75 Å². The van der Waals surface area contributed by atoms with Crippen LogP contribution in [0.25, 0.3) is 0 Å². The Labute approximate surface area is 68.6 Å². The molecule has 0 saturated carbocycles. The van der Waals surface area contributed by atoms with Crippen molar-refractivity contribution in [3.63, 3.8) is 0 Å². The maximum absolute atomic E-state index is 10.9. The van der Waals surface area contributed by atoms with Crippen molar-refractivity contribution >= 4 is 5.69 Å². The topological polar surface area (TPSA) is 87.0 Å². The van der Waals surface area contributed by atoms with Crippen molar-refractivity contribution in [3.8, 4) is 5.75 Å². The van der Waals surface area contributed by atoms with Crippen LogP contribution in [0.3, 0.4) is 0 Å². The summed E-state index contributed by atoms with van der Waals surface area (Å²) in [5, 5.41) is 36.3. The molecule has 1 aromatic carbocycles. The first-order valence-electron chi connectivity index (χ1n) is 3.24. The van der Waals surface area contributed by atoms with Crippen LogP contribution in [-0.2, 0) is 6.61 Å². The fraction of sp³-hybridized carbons (Fsp3) is 0.143. The predicted molar refractivity (Wildman–Crippen MR) is 37.9 cm³/mol. The van der Waals surface area contributed by atoms with Crippen LogP contribution in [-0.4, -0.2) is 15.5 Å². The summed E-state index contributed by atoms with van der Waals surface area (Å²) < 4.78 is 0. The van der Waals surface area contributed by atoms with Crippen LogP contribution in [0.5, 0.6) is 5.75 Å². The zero-order valence-electron chi connectivity index (χ0n) is 6.14. The first-order chi connectivity index (χ1) is 5.65. The van der Waals surface area contributed by atoms with Crippen LogP contribution in [0.15, 0.2) is 18.2 Å². The molecule has 1 rings (SSSR count). The quantitative estimate of drug-likeness (QED) is 0.537. The van der Waals surface area contributed by atoms with Gasteiger partial charge in [0.25, 0.3) is 0 Å². The molecule has 0 heterocycles. The average Bonchev–Trinajstić information content (AvgIpc) is 2.05. The van der Waals surface area contributed by atoms with E-state index in [0.717, 1.165) is 6.07 Å². The Hall–Kier alpha value is -1.30. The fourth-order valence-electron chi connectivity index (χ4n) is 0.818. The lowest BCUT2D eigenvalue weighted by Crippen LogP contribution is -2.13. The second-order valence-electron chi connectivity index (χ2n) is 2.25. The largest absolute Gasteiger partial charge is 0.871 e. The van der Waals surface area contributed by atoms with Gasteiger partial charge in [-0.1, -0.05) is 17.9 Å². The van der Waals surface area contributed by atoms with E-state index in [2.05, 4.69) is 0 Å². The van der Waals surface area contributed by atoms with Crippen LogP contribution in [0, 0.1) is 0 Å². The SMILES string of the molecule is [O-]c1ccc(CO)cc1N(O)O. The molecule has 0 spiro atoms. The van der Waals surface area contributed by atoms with Crippen LogP contribution in [0.4, 0.5) is 5.69 Å². The lowest BCUT2D eigenvalue weighted by Gasteiger charge is -2.17. The summed E-state index contributed by atoms with van der Waals surface area (Å²) in [4.78, 5) is 0. The molecule has 0 saturated heterocycles. The minimum Gasteiger partial charge on any atom is -0.871 e. The molecule has 3 N–H and O–H groups in total. The average molecular weight is 170 g/mol. The van der Waals surface area contributed by atoms with E-state index in [0.29, 0.717) is 5.56 Å². The van der Waals surface area contributed by atoms with Crippen molar-refractivity contribution in [1.82, 2.24) is 0 Å². The smallest absolute Gasteiger partial charge is 0.0868 e. The Kier molecular flexibility index (Phi) is 2.49. The summed E-state index contributed by atoms with van der Waals surface area (Å²) in [6.07, 6.45) is 0. The van der Waals surface area contributed by atoms with Crippen molar-refractivity contribution in [3.05, 3.63) is 23.8 Å². The minimum atomic E-state index is -0.516. The van der Waals surface area contributed by atoms with Gasteiger partial charge in [-0.15, -0.1) is 5.23 Å². The van der Waals surface area contributed by atoms with Gasteiger partial charge >= 0.3 is 0 Å². The molecule has 0 atom stereocenters.